The van der Waals surface area contributed by atoms with Crippen molar-refractivity contribution in [3.63, 3.8) is 0 Å². The molecule has 1 amide bonds. The molecule has 122 valence electrons. The van der Waals surface area contributed by atoms with Crippen molar-refractivity contribution in [3.05, 3.63) is 64.8 Å². The van der Waals surface area contributed by atoms with Crippen LogP contribution < -0.4 is 5.32 Å². The van der Waals surface area contributed by atoms with E-state index < -0.39 is 0 Å². The summed E-state index contributed by atoms with van der Waals surface area (Å²) in [5.74, 6) is -0.132. The maximum absolute atomic E-state index is 12.5. The molecular weight excluding hydrogens is 302 g/mol. The highest BCUT2D eigenvalue weighted by Crippen LogP contribution is 2.29. The second kappa shape index (κ2) is 6.20. The second-order valence-electron chi connectivity index (χ2n) is 5.91. The molecular formula is C19H19N3O2. The Labute approximate surface area is 140 Å². The average molecular weight is 321 g/mol. The van der Waals surface area contributed by atoms with E-state index in [0.717, 1.165) is 22.4 Å². The predicted molar refractivity (Wildman–Crippen MR) is 94.3 cm³/mol. The quantitative estimate of drug-likeness (QED) is 0.683. The molecule has 5 heteroatoms. The third-order valence-corrected chi connectivity index (χ3v) is 3.97. The fourth-order valence-corrected chi connectivity index (χ4v) is 2.62. The van der Waals surface area contributed by atoms with E-state index in [1.54, 1.807) is 12.1 Å². The molecule has 1 heterocycles. The number of rotatable bonds is 3. The molecule has 0 bridgehead atoms. The molecule has 0 spiro atoms. The van der Waals surface area contributed by atoms with Crippen molar-refractivity contribution >= 4 is 11.6 Å². The molecule has 0 radical (unpaired) electrons. The Morgan fingerprint density at radius 1 is 1.08 bits per heavy atom. The first-order valence-corrected chi connectivity index (χ1v) is 7.68. The first-order chi connectivity index (χ1) is 11.5. The number of benzene rings is 2. The van der Waals surface area contributed by atoms with Gasteiger partial charge in [-0.2, -0.15) is 5.10 Å². The van der Waals surface area contributed by atoms with Crippen LogP contribution in [0.3, 0.4) is 0 Å². The van der Waals surface area contributed by atoms with Crippen LogP contribution in [0.5, 0.6) is 5.75 Å². The molecule has 0 atom stereocenters. The third-order valence-electron chi connectivity index (χ3n) is 3.97. The highest BCUT2D eigenvalue weighted by molar-refractivity contribution is 6.04. The molecule has 0 saturated carbocycles. The van der Waals surface area contributed by atoms with Crippen LogP contribution in [0, 0.1) is 20.8 Å². The lowest BCUT2D eigenvalue weighted by Crippen LogP contribution is -2.14. The largest absolute Gasteiger partial charge is 0.507 e. The molecule has 2 aromatic carbocycles. The molecule has 0 saturated heterocycles. The first-order valence-electron chi connectivity index (χ1n) is 7.68. The molecule has 24 heavy (non-hydrogen) atoms. The minimum Gasteiger partial charge on any atom is -0.507 e. The van der Waals surface area contributed by atoms with Crippen molar-refractivity contribution < 1.29 is 9.90 Å². The van der Waals surface area contributed by atoms with Gasteiger partial charge in [0.15, 0.2) is 0 Å². The topological polar surface area (TPSA) is 78.0 Å². The van der Waals surface area contributed by atoms with Crippen molar-refractivity contribution in [1.29, 1.82) is 0 Å². The molecule has 0 fully saturated rings. The zero-order chi connectivity index (χ0) is 17.3. The molecule has 3 aromatic rings. The molecule has 3 rings (SSSR count). The van der Waals surface area contributed by atoms with Gasteiger partial charge in [-0.15, -0.1) is 0 Å². The predicted octanol–water partition coefficient (Wildman–Crippen LogP) is 3.96. The van der Waals surface area contributed by atoms with Gasteiger partial charge in [-0.1, -0.05) is 29.8 Å². The number of H-pyrrole nitrogens is 1. The SMILES string of the molecule is Cc1ccc(O)c(-c2cc(C(=O)Nc3c(C)cccc3C)[nH]n2)c1. The number of phenolic OH excluding ortho intramolecular Hbond substituents is 1. The number of nitrogens with zero attached hydrogens (tertiary/aromatic N) is 1. The Kier molecular flexibility index (Phi) is 4.08. The van der Waals surface area contributed by atoms with Gasteiger partial charge in [0.1, 0.15) is 11.4 Å². The molecule has 0 aliphatic carbocycles. The Morgan fingerprint density at radius 2 is 1.79 bits per heavy atom. The summed E-state index contributed by atoms with van der Waals surface area (Å²) in [5.41, 5.74) is 5.28. The van der Waals surface area contributed by atoms with Gasteiger partial charge in [0.2, 0.25) is 0 Å². The van der Waals surface area contributed by atoms with Gasteiger partial charge in [-0.05, 0) is 50.1 Å². The maximum Gasteiger partial charge on any atom is 0.273 e. The number of nitrogens with one attached hydrogen (secondary N) is 2. The summed E-state index contributed by atoms with van der Waals surface area (Å²) >= 11 is 0. The number of hydrogen-bond acceptors (Lipinski definition) is 3. The lowest BCUT2D eigenvalue weighted by atomic mass is 10.1. The van der Waals surface area contributed by atoms with E-state index in [9.17, 15) is 9.90 Å². The Bertz CT molecular complexity index is 892. The molecule has 1 aromatic heterocycles. The van der Waals surface area contributed by atoms with Crippen LogP contribution in [0.2, 0.25) is 0 Å². The Hall–Kier alpha value is -3.08. The van der Waals surface area contributed by atoms with Crippen molar-refractivity contribution in [2.45, 2.75) is 20.8 Å². The number of aryl methyl sites for hydroxylation is 3. The van der Waals surface area contributed by atoms with Gasteiger partial charge in [0.25, 0.3) is 5.91 Å². The molecule has 3 N–H and O–H groups in total. The summed E-state index contributed by atoms with van der Waals surface area (Å²) in [5, 5.41) is 19.8. The monoisotopic (exact) mass is 321 g/mol. The maximum atomic E-state index is 12.5. The van der Waals surface area contributed by atoms with E-state index >= 15 is 0 Å². The highest BCUT2D eigenvalue weighted by Gasteiger charge is 2.15. The summed E-state index contributed by atoms with van der Waals surface area (Å²) < 4.78 is 0. The zero-order valence-corrected chi connectivity index (χ0v) is 13.8. The minimum absolute atomic E-state index is 0.133. The third kappa shape index (κ3) is 3.01. The molecule has 0 aliphatic rings. The molecule has 5 nitrogen and oxygen atoms in total. The van der Waals surface area contributed by atoms with Crippen LogP contribution in [-0.2, 0) is 0 Å². The average Bonchev–Trinajstić information content (AvgIpc) is 3.03. The number of phenols is 1. The Morgan fingerprint density at radius 3 is 2.50 bits per heavy atom. The minimum atomic E-state index is -0.265. The number of para-hydroxylation sites is 1. The lowest BCUT2D eigenvalue weighted by molar-refractivity contribution is 0.102. The summed E-state index contributed by atoms with van der Waals surface area (Å²) in [6.07, 6.45) is 0. The van der Waals surface area contributed by atoms with E-state index in [1.807, 2.05) is 51.1 Å². The van der Waals surface area contributed by atoms with Crippen molar-refractivity contribution in [1.82, 2.24) is 10.2 Å². The summed E-state index contributed by atoms with van der Waals surface area (Å²) in [6.45, 7) is 5.84. The van der Waals surface area contributed by atoms with Gasteiger partial charge < -0.3 is 10.4 Å². The summed E-state index contributed by atoms with van der Waals surface area (Å²) in [7, 11) is 0. The van der Waals surface area contributed by atoms with Gasteiger partial charge in [-0.25, -0.2) is 0 Å². The van der Waals surface area contributed by atoms with Crippen molar-refractivity contribution in [2.75, 3.05) is 5.32 Å². The van der Waals surface area contributed by atoms with Crippen LogP contribution in [0.1, 0.15) is 27.2 Å². The zero-order valence-electron chi connectivity index (χ0n) is 13.8. The van der Waals surface area contributed by atoms with Crippen LogP contribution in [-0.4, -0.2) is 21.2 Å². The van der Waals surface area contributed by atoms with E-state index in [4.69, 9.17) is 0 Å². The molecule has 0 unspecified atom stereocenters. The van der Waals surface area contributed by atoms with Crippen LogP contribution in [0.25, 0.3) is 11.3 Å². The van der Waals surface area contributed by atoms with Crippen molar-refractivity contribution in [3.8, 4) is 17.0 Å². The van der Waals surface area contributed by atoms with Gasteiger partial charge >= 0.3 is 0 Å². The van der Waals surface area contributed by atoms with E-state index in [0.29, 0.717) is 17.0 Å². The summed E-state index contributed by atoms with van der Waals surface area (Å²) in [4.78, 5) is 12.5. The van der Waals surface area contributed by atoms with E-state index in [1.165, 1.54) is 0 Å². The van der Waals surface area contributed by atoms with E-state index in [-0.39, 0.29) is 11.7 Å². The highest BCUT2D eigenvalue weighted by atomic mass is 16.3. The number of amides is 1. The van der Waals surface area contributed by atoms with Crippen LogP contribution in [0.4, 0.5) is 5.69 Å². The standard InChI is InChI=1S/C19H19N3O2/c1-11-7-8-17(23)14(9-11)15-10-16(22-21-15)19(24)20-18-12(2)5-4-6-13(18)3/h4-10,23H,1-3H3,(H,20,24)(H,21,22). The number of carbonyl (C=O) groups is 1. The number of anilines is 1. The van der Waals surface area contributed by atoms with Gasteiger partial charge in [0.05, 0.1) is 5.69 Å². The Balaban J connectivity index is 1.88. The molecule has 0 aliphatic heterocycles. The van der Waals surface area contributed by atoms with Crippen molar-refractivity contribution in [2.24, 2.45) is 0 Å². The second-order valence-corrected chi connectivity index (χ2v) is 5.91. The van der Waals surface area contributed by atoms with E-state index in [2.05, 4.69) is 15.5 Å². The normalized spacial score (nSPS) is 10.6. The van der Waals surface area contributed by atoms with Gasteiger partial charge in [0, 0.05) is 11.3 Å². The van der Waals surface area contributed by atoms with Crippen LogP contribution in [0.15, 0.2) is 42.5 Å². The number of hydrogen-bond donors (Lipinski definition) is 3. The summed E-state index contributed by atoms with van der Waals surface area (Å²) in [6, 6.07) is 12.8. The first kappa shape index (κ1) is 15.8. The number of aromatic amines is 1. The number of aromatic nitrogens is 2. The number of aromatic hydroxyl groups is 1. The fourth-order valence-electron chi connectivity index (χ4n) is 2.62. The van der Waals surface area contributed by atoms with Crippen LogP contribution >= 0.6 is 0 Å². The lowest BCUT2D eigenvalue weighted by Gasteiger charge is -2.10. The fraction of sp³-hybridized carbons (Fsp3) is 0.158. The number of carbonyl (C=O) groups excluding carboxylic acids is 1. The smallest absolute Gasteiger partial charge is 0.273 e. The van der Waals surface area contributed by atoms with Gasteiger partial charge in [-0.3, -0.25) is 9.89 Å².